The van der Waals surface area contributed by atoms with Crippen molar-refractivity contribution in [3.63, 3.8) is 0 Å². The summed E-state index contributed by atoms with van der Waals surface area (Å²) in [6, 6.07) is 0. The van der Waals surface area contributed by atoms with Crippen LogP contribution in [0, 0.1) is 6.92 Å². The number of thiophene rings is 1. The molecule has 0 fully saturated rings. The van der Waals surface area contributed by atoms with Crippen molar-refractivity contribution in [3.8, 4) is 0 Å². The van der Waals surface area contributed by atoms with Gasteiger partial charge in [0.05, 0.1) is 10.2 Å². The molecule has 0 unspecified atom stereocenters. The lowest BCUT2D eigenvalue weighted by molar-refractivity contribution is 1.18. The highest BCUT2D eigenvalue weighted by Gasteiger charge is 2.07. The number of anilines is 1. The van der Waals surface area contributed by atoms with Gasteiger partial charge in [-0.2, -0.15) is 0 Å². The Bertz CT molecular complexity index is 506. The van der Waals surface area contributed by atoms with Crippen LogP contribution in [0.25, 0.3) is 10.2 Å². The molecule has 0 saturated heterocycles. The number of fused-ring (bicyclic) bond motifs is 1. The van der Waals surface area contributed by atoms with E-state index < -0.39 is 0 Å². The topological polar surface area (TPSA) is 37.8 Å². The zero-order valence-corrected chi connectivity index (χ0v) is 10.7. The highest BCUT2D eigenvalue weighted by Crippen LogP contribution is 2.28. The Morgan fingerprint density at radius 3 is 3.13 bits per heavy atom. The van der Waals surface area contributed by atoms with Crippen LogP contribution in [0.1, 0.15) is 5.56 Å². The maximum absolute atomic E-state index is 4.25. The lowest BCUT2D eigenvalue weighted by Crippen LogP contribution is -2.02. The second-order valence-electron chi connectivity index (χ2n) is 3.19. The smallest absolute Gasteiger partial charge is 0.147 e. The van der Waals surface area contributed by atoms with Crippen molar-refractivity contribution in [1.29, 1.82) is 0 Å². The van der Waals surface area contributed by atoms with Crippen LogP contribution in [0.15, 0.2) is 22.8 Å². The lowest BCUT2D eigenvalue weighted by atomic mass is 10.3. The van der Waals surface area contributed by atoms with E-state index in [1.54, 1.807) is 17.7 Å². The van der Waals surface area contributed by atoms with Crippen molar-refractivity contribution in [2.75, 3.05) is 11.9 Å². The minimum Gasteiger partial charge on any atom is -0.364 e. The molecule has 15 heavy (non-hydrogen) atoms. The molecule has 1 N–H and O–H groups in total. The zero-order valence-electron chi connectivity index (χ0n) is 8.25. The molecule has 2 aromatic rings. The first kappa shape index (κ1) is 10.6. The summed E-state index contributed by atoms with van der Waals surface area (Å²) in [4.78, 5) is 8.47. The molecule has 0 amide bonds. The third-order valence-corrected chi connectivity index (χ3v) is 3.35. The molecule has 0 spiro atoms. The Labute approximate surface area is 100 Å². The average molecular weight is 284 g/mol. The second kappa shape index (κ2) is 4.28. The van der Waals surface area contributed by atoms with Crippen molar-refractivity contribution in [1.82, 2.24) is 9.97 Å². The van der Waals surface area contributed by atoms with Crippen LogP contribution in [-0.4, -0.2) is 16.5 Å². The van der Waals surface area contributed by atoms with Gasteiger partial charge in [0.2, 0.25) is 0 Å². The summed E-state index contributed by atoms with van der Waals surface area (Å²) in [7, 11) is 0. The van der Waals surface area contributed by atoms with Gasteiger partial charge in [-0.15, -0.1) is 11.3 Å². The number of nitrogens with one attached hydrogen (secondary N) is 1. The first-order valence-electron chi connectivity index (χ1n) is 4.44. The summed E-state index contributed by atoms with van der Waals surface area (Å²) in [5, 5.41) is 5.30. The maximum Gasteiger partial charge on any atom is 0.147 e. The van der Waals surface area contributed by atoms with Crippen LogP contribution < -0.4 is 5.32 Å². The van der Waals surface area contributed by atoms with E-state index in [-0.39, 0.29) is 0 Å². The molecule has 0 aliphatic rings. The van der Waals surface area contributed by atoms with Crippen LogP contribution in [0.5, 0.6) is 0 Å². The predicted octanol–water partition coefficient (Wildman–Crippen LogP) is 3.32. The number of nitrogens with zero attached hydrogens (tertiary/aromatic N) is 2. The number of rotatable bonds is 3. The Morgan fingerprint density at radius 1 is 1.60 bits per heavy atom. The van der Waals surface area contributed by atoms with Gasteiger partial charge in [-0.25, -0.2) is 9.97 Å². The Morgan fingerprint density at radius 2 is 2.40 bits per heavy atom. The van der Waals surface area contributed by atoms with Gasteiger partial charge < -0.3 is 5.32 Å². The van der Waals surface area contributed by atoms with Gasteiger partial charge in [-0.05, 0) is 17.9 Å². The first-order chi connectivity index (χ1) is 7.18. The lowest BCUT2D eigenvalue weighted by Gasteiger charge is -2.04. The average Bonchev–Trinajstić information content (AvgIpc) is 2.58. The van der Waals surface area contributed by atoms with Crippen LogP contribution in [0.3, 0.4) is 0 Å². The molecule has 0 aromatic carbocycles. The fraction of sp³-hybridized carbons (Fsp3) is 0.200. The van der Waals surface area contributed by atoms with Crippen molar-refractivity contribution < 1.29 is 0 Å². The monoisotopic (exact) mass is 283 g/mol. The molecule has 0 saturated carbocycles. The second-order valence-corrected chi connectivity index (χ2v) is 5.19. The van der Waals surface area contributed by atoms with E-state index in [4.69, 9.17) is 0 Å². The highest BCUT2D eigenvalue weighted by atomic mass is 79.9. The van der Waals surface area contributed by atoms with Gasteiger partial charge in [-0.3, -0.25) is 0 Å². The van der Waals surface area contributed by atoms with Crippen LogP contribution in [0.2, 0.25) is 0 Å². The number of halogens is 1. The van der Waals surface area contributed by atoms with Crippen molar-refractivity contribution in [2.45, 2.75) is 6.92 Å². The zero-order chi connectivity index (χ0) is 10.8. The van der Waals surface area contributed by atoms with E-state index in [0.717, 1.165) is 20.5 Å². The van der Waals surface area contributed by atoms with Gasteiger partial charge >= 0.3 is 0 Å². The van der Waals surface area contributed by atoms with Gasteiger partial charge in [0.15, 0.2) is 0 Å². The molecule has 0 aliphatic carbocycles. The van der Waals surface area contributed by atoms with Crippen molar-refractivity contribution >= 4 is 43.3 Å². The molecule has 2 aromatic heterocycles. The van der Waals surface area contributed by atoms with Gasteiger partial charge in [0.25, 0.3) is 0 Å². The maximum atomic E-state index is 4.25. The largest absolute Gasteiger partial charge is 0.364 e. The third kappa shape index (κ3) is 2.18. The third-order valence-electron chi connectivity index (χ3n) is 1.98. The summed E-state index contributed by atoms with van der Waals surface area (Å²) < 4.78 is 2.01. The number of aromatic nitrogens is 2. The minimum atomic E-state index is 0.670. The van der Waals surface area contributed by atoms with Gasteiger partial charge in [0.1, 0.15) is 12.1 Å². The fourth-order valence-corrected chi connectivity index (χ4v) is 2.38. The molecule has 5 heteroatoms. The molecular formula is C10H10BrN3S. The summed E-state index contributed by atoms with van der Waals surface area (Å²) in [6.45, 7) is 6.49. The SMILES string of the molecule is C=C(Br)CNc1ncnc2c(C)csc12. The summed E-state index contributed by atoms with van der Waals surface area (Å²) in [5.41, 5.74) is 2.22. The molecule has 3 nitrogen and oxygen atoms in total. The molecule has 0 radical (unpaired) electrons. The minimum absolute atomic E-state index is 0.670. The molecule has 2 heterocycles. The first-order valence-corrected chi connectivity index (χ1v) is 6.11. The molecule has 78 valence electrons. The molecule has 2 rings (SSSR count). The Balaban J connectivity index is 2.38. The summed E-state index contributed by atoms with van der Waals surface area (Å²) >= 11 is 4.96. The van der Waals surface area contributed by atoms with Crippen LogP contribution in [-0.2, 0) is 0 Å². The van der Waals surface area contributed by atoms with E-state index in [1.165, 1.54) is 5.56 Å². The standard InChI is InChI=1S/C10H10BrN3S/c1-6-4-15-9-8(6)13-5-14-10(9)12-3-7(2)11/h4-5H,2-3H2,1H3,(H,12,13,14). The Kier molecular flexibility index (Phi) is 3.02. The van der Waals surface area contributed by atoms with Crippen molar-refractivity contribution in [3.05, 3.63) is 28.3 Å². The summed E-state index contributed by atoms with van der Waals surface area (Å²) in [5.74, 6) is 0.874. The van der Waals surface area contributed by atoms with E-state index in [0.29, 0.717) is 6.54 Å². The normalized spacial score (nSPS) is 10.5. The highest BCUT2D eigenvalue weighted by molar-refractivity contribution is 9.11. The number of hydrogen-bond donors (Lipinski definition) is 1. The van der Waals surface area contributed by atoms with Gasteiger partial charge in [-0.1, -0.05) is 22.5 Å². The fourth-order valence-electron chi connectivity index (χ4n) is 1.27. The Hall–Kier alpha value is -0.940. The quantitative estimate of drug-likeness (QED) is 0.939. The van der Waals surface area contributed by atoms with E-state index in [9.17, 15) is 0 Å². The van der Waals surface area contributed by atoms with E-state index in [2.05, 4.69) is 50.1 Å². The summed E-state index contributed by atoms with van der Waals surface area (Å²) in [6.07, 6.45) is 1.58. The van der Waals surface area contributed by atoms with Crippen LogP contribution in [0.4, 0.5) is 5.82 Å². The number of aryl methyl sites for hydroxylation is 1. The van der Waals surface area contributed by atoms with Crippen LogP contribution >= 0.6 is 27.3 Å². The van der Waals surface area contributed by atoms with E-state index in [1.807, 2.05) is 0 Å². The molecule has 0 atom stereocenters. The number of hydrogen-bond acceptors (Lipinski definition) is 4. The molecular weight excluding hydrogens is 274 g/mol. The van der Waals surface area contributed by atoms with Crippen molar-refractivity contribution in [2.24, 2.45) is 0 Å². The molecule has 0 bridgehead atoms. The molecule has 0 aliphatic heterocycles. The predicted molar refractivity (Wildman–Crippen MR) is 68.7 cm³/mol. The van der Waals surface area contributed by atoms with Gasteiger partial charge in [0, 0.05) is 11.0 Å². The van der Waals surface area contributed by atoms with E-state index >= 15 is 0 Å².